The Morgan fingerprint density at radius 3 is 2.64 bits per heavy atom. The van der Waals surface area contributed by atoms with E-state index in [2.05, 4.69) is 5.32 Å². The molecule has 1 aliphatic rings. The molecule has 0 aromatic heterocycles. The van der Waals surface area contributed by atoms with Gasteiger partial charge in [-0.25, -0.2) is 4.90 Å². The number of alkyl halides is 1. The number of imide groups is 1. The van der Waals surface area contributed by atoms with Gasteiger partial charge in [-0.15, -0.1) is 11.6 Å². The quantitative estimate of drug-likeness (QED) is 0.853. The van der Waals surface area contributed by atoms with E-state index in [9.17, 15) is 9.59 Å². The van der Waals surface area contributed by atoms with E-state index < -0.39 is 11.3 Å². The van der Waals surface area contributed by atoms with Gasteiger partial charge in [-0.2, -0.15) is 0 Å². The zero-order chi connectivity index (χ0) is 15.7. The highest BCUT2D eigenvalue weighted by Crippen LogP contribution is 2.35. The topological polar surface area (TPSA) is 49.4 Å². The van der Waals surface area contributed by atoms with Crippen molar-refractivity contribution in [2.24, 2.45) is 0 Å². The Morgan fingerprint density at radius 2 is 1.91 bits per heavy atom. The molecule has 22 heavy (non-hydrogen) atoms. The van der Waals surface area contributed by atoms with E-state index in [0.29, 0.717) is 22.0 Å². The number of hydrogen-bond acceptors (Lipinski definition) is 3. The van der Waals surface area contributed by atoms with Gasteiger partial charge < -0.3 is 5.32 Å². The summed E-state index contributed by atoms with van der Waals surface area (Å²) in [5.41, 5.74) is 1.74. The molecular formula is C16H12Cl2N2O2. The van der Waals surface area contributed by atoms with Crippen LogP contribution in [0.5, 0.6) is 0 Å². The molecule has 1 unspecified atom stereocenters. The summed E-state index contributed by atoms with van der Waals surface area (Å²) in [6, 6.07) is 13.9. The van der Waals surface area contributed by atoms with E-state index in [1.54, 1.807) is 42.5 Å². The molecule has 0 aliphatic carbocycles. The van der Waals surface area contributed by atoms with Gasteiger partial charge in [0.1, 0.15) is 5.38 Å². The molecule has 6 heteroatoms. The number of nitrogens with zero attached hydrogens (tertiary/aromatic N) is 1. The number of carbonyl (C=O) groups is 2. The molecule has 0 spiro atoms. The van der Waals surface area contributed by atoms with Crippen LogP contribution in [-0.2, 0) is 9.59 Å². The molecule has 0 saturated carbocycles. The van der Waals surface area contributed by atoms with Crippen LogP contribution in [0.1, 0.15) is 10.9 Å². The van der Waals surface area contributed by atoms with E-state index in [-0.39, 0.29) is 12.5 Å². The number of hydrogen-bond donors (Lipinski definition) is 1. The minimum atomic E-state index is -0.935. The molecule has 3 rings (SSSR count). The lowest BCUT2D eigenvalue weighted by Gasteiger charge is -2.30. The molecular weight excluding hydrogens is 323 g/mol. The van der Waals surface area contributed by atoms with Gasteiger partial charge in [0.25, 0.3) is 11.8 Å². The second kappa shape index (κ2) is 5.99. The van der Waals surface area contributed by atoms with E-state index in [1.165, 1.54) is 0 Å². The Bertz CT molecular complexity index is 734. The van der Waals surface area contributed by atoms with Gasteiger partial charge in [-0.05, 0) is 23.8 Å². The summed E-state index contributed by atoms with van der Waals surface area (Å²) in [5.74, 6) is -0.843. The van der Waals surface area contributed by atoms with Gasteiger partial charge in [0.05, 0.1) is 17.9 Å². The predicted octanol–water partition coefficient (Wildman–Crippen LogP) is 3.61. The number of carbonyl (C=O) groups excluding carboxylic acids is 2. The van der Waals surface area contributed by atoms with Crippen LogP contribution in [0.15, 0.2) is 48.5 Å². The molecule has 112 valence electrons. The number of fused-ring (bicyclic) bond motifs is 1. The van der Waals surface area contributed by atoms with Crippen molar-refractivity contribution in [1.29, 1.82) is 0 Å². The van der Waals surface area contributed by atoms with Crippen molar-refractivity contribution in [3.05, 3.63) is 59.1 Å². The Morgan fingerprint density at radius 1 is 1.18 bits per heavy atom. The molecule has 2 aromatic carbocycles. The summed E-state index contributed by atoms with van der Waals surface area (Å²) in [6.07, 6.45) is 0. The average molecular weight is 335 g/mol. The molecule has 1 atom stereocenters. The molecule has 4 nitrogen and oxygen atoms in total. The Labute approximate surface area is 137 Å². The number of anilines is 2. The van der Waals surface area contributed by atoms with Crippen LogP contribution in [0.25, 0.3) is 0 Å². The van der Waals surface area contributed by atoms with Crippen LogP contribution >= 0.6 is 23.2 Å². The first kappa shape index (κ1) is 14.9. The van der Waals surface area contributed by atoms with Crippen molar-refractivity contribution in [1.82, 2.24) is 0 Å². The lowest BCUT2D eigenvalue weighted by atomic mass is 10.1. The van der Waals surface area contributed by atoms with Crippen LogP contribution in [0.4, 0.5) is 11.4 Å². The average Bonchev–Trinajstić information content (AvgIpc) is 2.54. The highest BCUT2D eigenvalue weighted by Gasteiger charge is 2.33. The summed E-state index contributed by atoms with van der Waals surface area (Å²) < 4.78 is 0. The minimum absolute atomic E-state index is 0.0404. The van der Waals surface area contributed by atoms with Gasteiger partial charge in [0, 0.05) is 5.02 Å². The molecule has 0 bridgehead atoms. The van der Waals surface area contributed by atoms with Crippen LogP contribution < -0.4 is 10.2 Å². The highest BCUT2D eigenvalue weighted by atomic mass is 35.5. The second-order valence-electron chi connectivity index (χ2n) is 4.86. The van der Waals surface area contributed by atoms with E-state index in [0.717, 1.165) is 4.90 Å². The number of amides is 2. The number of benzene rings is 2. The molecule has 1 N–H and O–H groups in total. The summed E-state index contributed by atoms with van der Waals surface area (Å²) in [4.78, 5) is 26.0. The summed E-state index contributed by atoms with van der Waals surface area (Å²) in [5, 5.41) is 2.47. The van der Waals surface area contributed by atoms with Crippen LogP contribution in [0, 0.1) is 0 Å². The SMILES string of the molecule is O=C1CNc2ccc(Cl)cc2N1C(=O)C(Cl)c1ccccc1. The van der Waals surface area contributed by atoms with Gasteiger partial charge in [-0.3, -0.25) is 9.59 Å². The summed E-state index contributed by atoms with van der Waals surface area (Å²) in [7, 11) is 0. The number of halogens is 2. The lowest BCUT2D eigenvalue weighted by molar-refractivity contribution is -0.125. The predicted molar refractivity (Wildman–Crippen MR) is 87.5 cm³/mol. The minimum Gasteiger partial charge on any atom is -0.374 e. The van der Waals surface area contributed by atoms with E-state index in [4.69, 9.17) is 23.2 Å². The summed E-state index contributed by atoms with van der Waals surface area (Å²) >= 11 is 12.2. The first-order valence-corrected chi connectivity index (χ1v) is 7.48. The van der Waals surface area contributed by atoms with Crippen molar-refractivity contribution in [3.8, 4) is 0 Å². The van der Waals surface area contributed by atoms with Crippen molar-refractivity contribution >= 4 is 46.4 Å². The van der Waals surface area contributed by atoms with Gasteiger partial charge in [-0.1, -0.05) is 41.9 Å². The molecule has 0 fully saturated rings. The van der Waals surface area contributed by atoms with Crippen molar-refractivity contribution in [3.63, 3.8) is 0 Å². The fourth-order valence-corrected chi connectivity index (χ4v) is 2.75. The van der Waals surface area contributed by atoms with E-state index in [1.807, 2.05) is 6.07 Å². The van der Waals surface area contributed by atoms with Crippen molar-refractivity contribution < 1.29 is 9.59 Å². The fourth-order valence-electron chi connectivity index (χ4n) is 2.34. The van der Waals surface area contributed by atoms with Crippen molar-refractivity contribution in [2.75, 3.05) is 16.8 Å². The number of rotatable bonds is 2. The molecule has 2 amide bonds. The van der Waals surface area contributed by atoms with Gasteiger partial charge in [0.2, 0.25) is 0 Å². The third-order valence-electron chi connectivity index (χ3n) is 3.41. The maximum atomic E-state index is 12.7. The second-order valence-corrected chi connectivity index (χ2v) is 5.73. The zero-order valence-electron chi connectivity index (χ0n) is 11.4. The molecule has 2 aromatic rings. The Kier molecular flexibility index (Phi) is 4.05. The monoisotopic (exact) mass is 334 g/mol. The summed E-state index contributed by atoms with van der Waals surface area (Å²) in [6.45, 7) is 0.0404. The molecule has 0 radical (unpaired) electrons. The lowest BCUT2D eigenvalue weighted by Crippen LogP contribution is -2.45. The first-order chi connectivity index (χ1) is 10.6. The third kappa shape index (κ3) is 2.67. The van der Waals surface area contributed by atoms with Crippen LogP contribution in [-0.4, -0.2) is 18.4 Å². The van der Waals surface area contributed by atoms with Crippen LogP contribution in [0.3, 0.4) is 0 Å². The normalized spacial score (nSPS) is 15.0. The first-order valence-electron chi connectivity index (χ1n) is 6.67. The Hall–Kier alpha value is -2.04. The van der Waals surface area contributed by atoms with Gasteiger partial charge in [0.15, 0.2) is 0 Å². The number of nitrogens with one attached hydrogen (secondary N) is 1. The molecule has 1 heterocycles. The maximum Gasteiger partial charge on any atom is 0.256 e. The standard InChI is InChI=1S/C16H12Cl2N2O2/c17-11-6-7-12-13(8-11)20(14(21)9-19-12)16(22)15(18)10-4-2-1-3-5-10/h1-8,15,19H,9H2. The fraction of sp³-hybridized carbons (Fsp3) is 0.125. The molecule has 0 saturated heterocycles. The zero-order valence-corrected chi connectivity index (χ0v) is 12.9. The van der Waals surface area contributed by atoms with Gasteiger partial charge >= 0.3 is 0 Å². The molecule has 1 aliphatic heterocycles. The third-order valence-corrected chi connectivity index (χ3v) is 4.08. The Balaban J connectivity index is 1.99. The smallest absolute Gasteiger partial charge is 0.256 e. The van der Waals surface area contributed by atoms with E-state index >= 15 is 0 Å². The van der Waals surface area contributed by atoms with Crippen LogP contribution in [0.2, 0.25) is 5.02 Å². The maximum absolute atomic E-state index is 12.7. The highest BCUT2D eigenvalue weighted by molar-refractivity contribution is 6.37. The van der Waals surface area contributed by atoms with Crippen molar-refractivity contribution in [2.45, 2.75) is 5.38 Å². The largest absolute Gasteiger partial charge is 0.374 e.